The van der Waals surface area contributed by atoms with E-state index in [-0.39, 0.29) is 11.6 Å². The van der Waals surface area contributed by atoms with Crippen LogP contribution in [0.5, 0.6) is 0 Å². The first-order chi connectivity index (χ1) is 14.7. The number of furan rings is 1. The molecule has 4 rings (SSSR count). The van der Waals surface area contributed by atoms with E-state index in [1.165, 1.54) is 12.3 Å². The fraction of sp³-hybridized carbons (Fsp3) is 0.0870. The van der Waals surface area contributed by atoms with E-state index in [9.17, 15) is 9.59 Å². The number of carbonyl (C=O) groups is 2. The van der Waals surface area contributed by atoms with Crippen LogP contribution in [0.4, 0.5) is 0 Å². The van der Waals surface area contributed by atoms with Crippen LogP contribution in [0.25, 0.3) is 17.1 Å². The quantitative estimate of drug-likeness (QED) is 0.415. The van der Waals surface area contributed by atoms with Crippen molar-refractivity contribution in [1.82, 2.24) is 20.6 Å². The number of rotatable bonds is 7. The Morgan fingerprint density at radius 3 is 2.57 bits per heavy atom. The second-order valence-electron chi connectivity index (χ2n) is 6.60. The SMILES string of the molecule is O=C(NCCc1nc2ccccc2[nH]1)C(=Cc1ccco1)NC(=O)c1ccccc1. The molecule has 2 aromatic carbocycles. The highest BCUT2D eigenvalue weighted by molar-refractivity contribution is 6.05. The molecule has 0 saturated carbocycles. The monoisotopic (exact) mass is 400 g/mol. The lowest BCUT2D eigenvalue weighted by Gasteiger charge is -2.10. The molecule has 0 aliphatic rings. The number of hydrogen-bond donors (Lipinski definition) is 3. The maximum atomic E-state index is 12.7. The van der Waals surface area contributed by atoms with Crippen LogP contribution in [0.1, 0.15) is 21.9 Å². The Hall–Kier alpha value is -4.13. The van der Waals surface area contributed by atoms with Gasteiger partial charge in [0.15, 0.2) is 0 Å². The van der Waals surface area contributed by atoms with Gasteiger partial charge in [0.2, 0.25) is 0 Å². The number of hydrogen-bond acceptors (Lipinski definition) is 4. The number of nitrogens with one attached hydrogen (secondary N) is 3. The minimum Gasteiger partial charge on any atom is -0.465 e. The fourth-order valence-electron chi connectivity index (χ4n) is 2.97. The van der Waals surface area contributed by atoms with Crippen molar-refractivity contribution in [1.29, 1.82) is 0 Å². The van der Waals surface area contributed by atoms with Crippen molar-refractivity contribution in [3.63, 3.8) is 0 Å². The summed E-state index contributed by atoms with van der Waals surface area (Å²) in [6.07, 6.45) is 3.53. The summed E-state index contributed by atoms with van der Waals surface area (Å²) in [5.41, 5.74) is 2.39. The minimum atomic E-state index is -0.410. The molecule has 2 amide bonds. The molecule has 3 N–H and O–H groups in total. The lowest BCUT2D eigenvalue weighted by Crippen LogP contribution is -2.35. The number of aromatic amines is 1. The van der Waals surface area contributed by atoms with E-state index in [0.29, 0.717) is 24.3 Å². The summed E-state index contributed by atoms with van der Waals surface area (Å²) >= 11 is 0. The standard InChI is InChI=1S/C23H20N4O3/c28-22(16-7-2-1-3-8-16)27-20(15-17-9-6-14-30-17)23(29)24-13-12-21-25-18-10-4-5-11-19(18)26-21/h1-11,14-15H,12-13H2,(H,24,29)(H,25,26)(H,27,28). The molecule has 0 spiro atoms. The molecule has 0 aliphatic heterocycles. The molecule has 0 atom stereocenters. The molecule has 7 nitrogen and oxygen atoms in total. The molecule has 0 aliphatic carbocycles. The van der Waals surface area contributed by atoms with Crippen molar-refractivity contribution < 1.29 is 14.0 Å². The summed E-state index contributed by atoms with van der Waals surface area (Å²) in [6.45, 7) is 0.357. The van der Waals surface area contributed by atoms with Gasteiger partial charge in [0.25, 0.3) is 11.8 Å². The average Bonchev–Trinajstić information content (AvgIpc) is 3.43. The highest BCUT2D eigenvalue weighted by atomic mass is 16.3. The molecule has 150 valence electrons. The van der Waals surface area contributed by atoms with Crippen LogP contribution >= 0.6 is 0 Å². The molecule has 7 heteroatoms. The number of fused-ring (bicyclic) bond motifs is 1. The van der Waals surface area contributed by atoms with Gasteiger partial charge < -0.3 is 20.0 Å². The predicted molar refractivity (Wildman–Crippen MR) is 113 cm³/mol. The molecule has 30 heavy (non-hydrogen) atoms. The van der Waals surface area contributed by atoms with Crippen LogP contribution in [0.3, 0.4) is 0 Å². The van der Waals surface area contributed by atoms with Crippen LogP contribution in [0.15, 0.2) is 83.1 Å². The van der Waals surface area contributed by atoms with Gasteiger partial charge in [-0.15, -0.1) is 0 Å². The molecule has 0 saturated heterocycles. The van der Waals surface area contributed by atoms with Gasteiger partial charge in [-0.3, -0.25) is 9.59 Å². The zero-order chi connectivity index (χ0) is 20.8. The molecule has 2 aromatic heterocycles. The van der Waals surface area contributed by atoms with Gasteiger partial charge in [-0.1, -0.05) is 30.3 Å². The number of amides is 2. The van der Waals surface area contributed by atoms with Gasteiger partial charge in [0.1, 0.15) is 17.3 Å². The Morgan fingerprint density at radius 2 is 1.80 bits per heavy atom. The third-order valence-corrected chi connectivity index (χ3v) is 4.44. The molecule has 4 aromatic rings. The number of carbonyl (C=O) groups excluding carboxylic acids is 2. The van der Waals surface area contributed by atoms with Gasteiger partial charge in [0.05, 0.1) is 17.3 Å². The summed E-state index contributed by atoms with van der Waals surface area (Å²) in [6, 6.07) is 19.9. The first-order valence-corrected chi connectivity index (χ1v) is 9.52. The number of H-pyrrole nitrogens is 1. The van der Waals surface area contributed by atoms with Gasteiger partial charge in [-0.05, 0) is 36.4 Å². The van der Waals surface area contributed by atoms with Crippen molar-refractivity contribution >= 4 is 28.9 Å². The maximum Gasteiger partial charge on any atom is 0.267 e. The lowest BCUT2D eigenvalue weighted by molar-refractivity contribution is -0.117. The minimum absolute atomic E-state index is 0.100. The summed E-state index contributed by atoms with van der Waals surface area (Å²) in [7, 11) is 0. The van der Waals surface area contributed by atoms with Gasteiger partial charge in [-0.2, -0.15) is 0 Å². The summed E-state index contributed by atoms with van der Waals surface area (Å²) in [5, 5.41) is 5.49. The fourth-order valence-corrected chi connectivity index (χ4v) is 2.97. The van der Waals surface area contributed by atoms with E-state index in [2.05, 4.69) is 20.6 Å². The van der Waals surface area contributed by atoms with Crippen LogP contribution < -0.4 is 10.6 Å². The van der Waals surface area contributed by atoms with Gasteiger partial charge >= 0.3 is 0 Å². The highest BCUT2D eigenvalue weighted by Crippen LogP contribution is 2.11. The van der Waals surface area contributed by atoms with Crippen molar-refractivity contribution in [2.24, 2.45) is 0 Å². The van der Waals surface area contributed by atoms with E-state index in [1.54, 1.807) is 36.4 Å². The van der Waals surface area contributed by atoms with Crippen molar-refractivity contribution in [2.75, 3.05) is 6.54 Å². The largest absolute Gasteiger partial charge is 0.465 e. The second-order valence-corrected chi connectivity index (χ2v) is 6.60. The van der Waals surface area contributed by atoms with Gasteiger partial charge in [-0.25, -0.2) is 4.98 Å². The second kappa shape index (κ2) is 8.91. The first kappa shape index (κ1) is 19.2. The van der Waals surface area contributed by atoms with Crippen LogP contribution in [0, 0.1) is 0 Å². The molecule has 2 heterocycles. The average molecular weight is 400 g/mol. The van der Waals surface area contributed by atoms with Crippen LogP contribution in [-0.2, 0) is 11.2 Å². The molecule has 0 unspecified atom stereocenters. The molecule has 0 fully saturated rings. The topological polar surface area (TPSA) is 100 Å². The Morgan fingerprint density at radius 1 is 1.00 bits per heavy atom. The Kier molecular flexibility index (Phi) is 5.70. The number of aromatic nitrogens is 2. The molecular formula is C23H20N4O3. The van der Waals surface area contributed by atoms with Crippen LogP contribution in [0.2, 0.25) is 0 Å². The van der Waals surface area contributed by atoms with Crippen LogP contribution in [-0.4, -0.2) is 28.3 Å². The zero-order valence-electron chi connectivity index (χ0n) is 16.1. The lowest BCUT2D eigenvalue weighted by atomic mass is 10.2. The Balaban J connectivity index is 1.43. The van der Waals surface area contributed by atoms with E-state index in [1.807, 2.05) is 30.3 Å². The smallest absolute Gasteiger partial charge is 0.267 e. The third-order valence-electron chi connectivity index (χ3n) is 4.44. The van der Waals surface area contributed by atoms with E-state index in [4.69, 9.17) is 4.42 Å². The summed E-state index contributed by atoms with van der Waals surface area (Å²) < 4.78 is 5.29. The number of nitrogens with zero attached hydrogens (tertiary/aromatic N) is 1. The van der Waals surface area contributed by atoms with E-state index in [0.717, 1.165) is 16.9 Å². The predicted octanol–water partition coefficient (Wildman–Crippen LogP) is 3.29. The number of benzene rings is 2. The molecular weight excluding hydrogens is 380 g/mol. The zero-order valence-corrected chi connectivity index (χ0v) is 16.1. The van der Waals surface area contributed by atoms with E-state index < -0.39 is 5.91 Å². The number of imidazole rings is 1. The third kappa shape index (κ3) is 4.64. The molecule has 0 radical (unpaired) electrons. The number of para-hydroxylation sites is 2. The molecule has 0 bridgehead atoms. The highest BCUT2D eigenvalue weighted by Gasteiger charge is 2.15. The van der Waals surface area contributed by atoms with E-state index >= 15 is 0 Å². The maximum absolute atomic E-state index is 12.7. The van der Waals surface area contributed by atoms with Crippen molar-refractivity contribution in [3.05, 3.63) is 95.8 Å². The normalized spacial score (nSPS) is 11.4. The van der Waals surface area contributed by atoms with Gasteiger partial charge in [0, 0.05) is 24.6 Å². The Labute approximate surface area is 172 Å². The first-order valence-electron chi connectivity index (χ1n) is 9.52. The summed E-state index contributed by atoms with van der Waals surface area (Å²) in [5.74, 6) is 0.458. The Bertz CT molecular complexity index is 1140. The summed E-state index contributed by atoms with van der Waals surface area (Å²) in [4.78, 5) is 33.0. The van der Waals surface area contributed by atoms with Crippen molar-refractivity contribution in [3.8, 4) is 0 Å². The van der Waals surface area contributed by atoms with Crippen molar-refractivity contribution in [2.45, 2.75) is 6.42 Å².